The molecule has 0 aromatic carbocycles. The molecular weight excluding hydrogens is 640 g/mol. The van der Waals surface area contributed by atoms with Crippen molar-refractivity contribution in [3.05, 3.63) is 0 Å². The maximum atomic E-state index is 14.0. The molecule has 49 heavy (non-hydrogen) atoms. The summed E-state index contributed by atoms with van der Waals surface area (Å²) in [5, 5.41) is 12.2. The van der Waals surface area contributed by atoms with E-state index in [1.54, 1.807) is 0 Å². The standard InChI is InChI=1S/C31H50N10O8/c32-18(11-12-24(33)42)26(44)39-15-3-8-21(39)28(46)41-17-5-10-23(41)29(47)40-16-4-9-22(40)27(45)38-14-2-7-20(38)25(43)37-19(30(48)49)6-1-13-36-31(34)35/h18-23H,1-17,32H2,(H2,33,42)(H,37,43)(H,48,49)(H4,34,35,36)/t18-,19-,20-,21-,22-,23-/m0/s1. The van der Waals surface area contributed by atoms with E-state index in [9.17, 15) is 38.7 Å². The third kappa shape index (κ3) is 8.96. The molecule has 0 radical (unpaired) electrons. The van der Waals surface area contributed by atoms with Crippen LogP contribution in [-0.2, 0) is 33.6 Å². The highest BCUT2D eigenvalue weighted by molar-refractivity contribution is 5.97. The number of carbonyl (C=O) groups is 7. The molecule has 272 valence electrons. The van der Waals surface area contributed by atoms with Gasteiger partial charge in [0.15, 0.2) is 5.96 Å². The summed E-state index contributed by atoms with van der Waals surface area (Å²) in [6.45, 7) is 1.48. The van der Waals surface area contributed by atoms with Gasteiger partial charge in [0, 0.05) is 39.1 Å². The van der Waals surface area contributed by atoms with E-state index in [1.165, 1.54) is 19.6 Å². The van der Waals surface area contributed by atoms with E-state index >= 15 is 0 Å². The van der Waals surface area contributed by atoms with Gasteiger partial charge in [-0.25, -0.2) is 4.79 Å². The zero-order chi connectivity index (χ0) is 35.8. The van der Waals surface area contributed by atoms with Crippen molar-refractivity contribution in [3.8, 4) is 0 Å². The Labute approximate surface area is 284 Å². The Hall–Kier alpha value is -4.48. The zero-order valence-corrected chi connectivity index (χ0v) is 27.8. The minimum atomic E-state index is -1.21. The Bertz CT molecular complexity index is 1320. The summed E-state index contributed by atoms with van der Waals surface area (Å²) in [4.78, 5) is 101. The van der Waals surface area contributed by atoms with E-state index in [0.29, 0.717) is 84.0 Å². The Morgan fingerprint density at radius 3 is 1.61 bits per heavy atom. The van der Waals surface area contributed by atoms with Gasteiger partial charge in [-0.2, -0.15) is 0 Å². The quantitative estimate of drug-likeness (QED) is 0.0613. The van der Waals surface area contributed by atoms with Gasteiger partial charge in [-0.15, -0.1) is 0 Å². The number of rotatable bonds is 14. The average molecular weight is 691 g/mol. The summed E-state index contributed by atoms with van der Waals surface area (Å²) >= 11 is 0. The number of nitrogens with zero attached hydrogens (tertiary/aromatic N) is 5. The van der Waals surface area contributed by atoms with Crippen LogP contribution in [0.4, 0.5) is 0 Å². The molecule has 10 N–H and O–H groups in total. The normalized spacial score (nSPS) is 24.8. The average Bonchev–Trinajstić information content (AvgIpc) is 3.89. The number of primary amides is 1. The lowest BCUT2D eigenvalue weighted by Crippen LogP contribution is -2.58. The molecule has 4 saturated heterocycles. The Morgan fingerprint density at radius 1 is 0.694 bits per heavy atom. The van der Waals surface area contributed by atoms with E-state index in [4.69, 9.17) is 22.9 Å². The molecule has 0 aromatic rings. The zero-order valence-electron chi connectivity index (χ0n) is 27.8. The minimum Gasteiger partial charge on any atom is -0.480 e. The van der Waals surface area contributed by atoms with Crippen molar-refractivity contribution in [2.75, 3.05) is 32.7 Å². The summed E-state index contributed by atoms with van der Waals surface area (Å²) in [5.74, 6) is -3.98. The highest BCUT2D eigenvalue weighted by Crippen LogP contribution is 2.30. The van der Waals surface area contributed by atoms with Crippen LogP contribution in [0.15, 0.2) is 4.99 Å². The fraction of sp³-hybridized carbons (Fsp3) is 0.742. The second-order valence-electron chi connectivity index (χ2n) is 13.2. The van der Waals surface area contributed by atoms with Gasteiger partial charge < -0.3 is 53.0 Å². The molecule has 0 unspecified atom stereocenters. The molecule has 4 heterocycles. The maximum absolute atomic E-state index is 14.0. The number of hydrogen-bond acceptors (Lipinski definition) is 9. The van der Waals surface area contributed by atoms with Crippen LogP contribution in [0, 0.1) is 0 Å². The summed E-state index contributed by atoms with van der Waals surface area (Å²) in [7, 11) is 0. The van der Waals surface area contributed by atoms with Crippen molar-refractivity contribution < 1.29 is 38.7 Å². The fourth-order valence-corrected chi connectivity index (χ4v) is 7.40. The van der Waals surface area contributed by atoms with Crippen LogP contribution < -0.4 is 28.3 Å². The first kappa shape index (κ1) is 37.3. The van der Waals surface area contributed by atoms with Crippen LogP contribution in [0.1, 0.15) is 77.0 Å². The van der Waals surface area contributed by atoms with Gasteiger partial charge in [-0.05, 0) is 70.6 Å². The van der Waals surface area contributed by atoms with Gasteiger partial charge in [-0.3, -0.25) is 33.8 Å². The second-order valence-corrected chi connectivity index (χ2v) is 13.2. The number of aliphatic imine (C=N–C) groups is 1. The van der Waals surface area contributed by atoms with E-state index in [-0.39, 0.29) is 49.5 Å². The second kappa shape index (κ2) is 16.8. The van der Waals surface area contributed by atoms with E-state index in [2.05, 4.69) is 10.3 Å². The largest absolute Gasteiger partial charge is 0.480 e. The number of aliphatic carboxylic acids is 1. The summed E-state index contributed by atoms with van der Waals surface area (Å²) in [5.41, 5.74) is 21.9. The summed E-state index contributed by atoms with van der Waals surface area (Å²) in [6.07, 6.45) is 4.30. The fourth-order valence-electron chi connectivity index (χ4n) is 7.40. The number of carbonyl (C=O) groups excluding carboxylic acids is 6. The molecule has 4 aliphatic rings. The molecule has 18 nitrogen and oxygen atoms in total. The topological polar surface area (TPSA) is 281 Å². The molecule has 4 rings (SSSR count). The number of nitrogens with two attached hydrogens (primary N) is 4. The molecular formula is C31H50N10O8. The van der Waals surface area contributed by atoms with Crippen LogP contribution >= 0.6 is 0 Å². The molecule has 4 aliphatic heterocycles. The highest BCUT2D eigenvalue weighted by atomic mass is 16.4. The van der Waals surface area contributed by atoms with Gasteiger partial charge in [0.2, 0.25) is 35.4 Å². The number of guanidine groups is 1. The van der Waals surface area contributed by atoms with Crippen molar-refractivity contribution in [1.82, 2.24) is 24.9 Å². The van der Waals surface area contributed by atoms with Crippen LogP contribution in [0.5, 0.6) is 0 Å². The van der Waals surface area contributed by atoms with Crippen molar-refractivity contribution in [2.45, 2.75) is 113 Å². The van der Waals surface area contributed by atoms with Gasteiger partial charge in [0.25, 0.3) is 0 Å². The molecule has 0 bridgehead atoms. The third-order valence-corrected chi connectivity index (χ3v) is 9.88. The van der Waals surface area contributed by atoms with Crippen LogP contribution in [0.3, 0.4) is 0 Å². The van der Waals surface area contributed by atoms with E-state index in [0.717, 1.165) is 0 Å². The number of amides is 6. The third-order valence-electron chi connectivity index (χ3n) is 9.88. The van der Waals surface area contributed by atoms with Gasteiger partial charge in [-0.1, -0.05) is 0 Å². The van der Waals surface area contributed by atoms with Crippen LogP contribution in [0.25, 0.3) is 0 Å². The molecule has 4 fully saturated rings. The first-order valence-electron chi connectivity index (χ1n) is 17.2. The molecule has 0 aliphatic carbocycles. The predicted octanol–water partition coefficient (Wildman–Crippen LogP) is -2.83. The van der Waals surface area contributed by atoms with Gasteiger partial charge >= 0.3 is 5.97 Å². The van der Waals surface area contributed by atoms with Crippen LogP contribution in [0.2, 0.25) is 0 Å². The lowest BCUT2D eigenvalue weighted by Gasteiger charge is -2.35. The van der Waals surface area contributed by atoms with Gasteiger partial charge in [0.05, 0.1) is 6.04 Å². The van der Waals surface area contributed by atoms with Crippen molar-refractivity contribution >= 4 is 47.4 Å². The van der Waals surface area contributed by atoms with Crippen molar-refractivity contribution in [3.63, 3.8) is 0 Å². The number of likely N-dealkylation sites (tertiary alicyclic amines) is 4. The minimum absolute atomic E-state index is 0.0503. The highest BCUT2D eigenvalue weighted by Gasteiger charge is 2.48. The molecule has 0 aromatic heterocycles. The number of hydrogen-bond donors (Lipinski definition) is 6. The van der Waals surface area contributed by atoms with Gasteiger partial charge in [0.1, 0.15) is 30.2 Å². The predicted molar refractivity (Wildman–Crippen MR) is 175 cm³/mol. The van der Waals surface area contributed by atoms with Crippen molar-refractivity contribution in [2.24, 2.45) is 27.9 Å². The SMILES string of the molecule is NC(=O)CC[C@H](N)C(=O)N1CCC[C@H]1C(=O)N1CCC[C@H]1C(=O)N1CCC[C@H]1C(=O)N1CCC[C@H]1C(=O)N[C@@H](CCCN=C(N)N)C(=O)O. The first-order chi connectivity index (χ1) is 23.3. The Kier molecular flexibility index (Phi) is 12.8. The molecule has 6 atom stereocenters. The maximum Gasteiger partial charge on any atom is 0.326 e. The molecule has 18 heteroatoms. The van der Waals surface area contributed by atoms with E-state index in [1.807, 2.05) is 0 Å². The Morgan fingerprint density at radius 2 is 1.14 bits per heavy atom. The van der Waals surface area contributed by atoms with E-state index < -0.39 is 59.9 Å². The smallest absolute Gasteiger partial charge is 0.326 e. The molecule has 6 amide bonds. The lowest BCUT2D eigenvalue weighted by molar-refractivity contribution is -0.153. The van der Waals surface area contributed by atoms with Crippen LogP contribution in [-0.4, -0.2) is 141 Å². The number of carboxylic acid groups (broad SMARTS) is 1. The molecule has 0 spiro atoms. The van der Waals surface area contributed by atoms with Crippen molar-refractivity contribution in [1.29, 1.82) is 0 Å². The molecule has 0 saturated carbocycles. The first-order valence-corrected chi connectivity index (χ1v) is 17.2. The number of nitrogens with one attached hydrogen (secondary N) is 1. The Balaban J connectivity index is 1.40. The number of carboxylic acids is 1. The summed E-state index contributed by atoms with van der Waals surface area (Å²) in [6, 6.07) is -5.44. The lowest BCUT2D eigenvalue weighted by atomic mass is 10.1. The summed E-state index contributed by atoms with van der Waals surface area (Å²) < 4.78 is 0. The monoisotopic (exact) mass is 690 g/mol.